The molecule has 0 aliphatic heterocycles. The molecule has 0 aromatic heterocycles. The van der Waals surface area contributed by atoms with Gasteiger partial charge < -0.3 is 0 Å². The molecule has 0 N–H and O–H groups in total. The van der Waals surface area contributed by atoms with Gasteiger partial charge in [-0.05, 0) is 30.5 Å². The van der Waals surface area contributed by atoms with Crippen molar-refractivity contribution in [3.8, 4) is 0 Å². The van der Waals surface area contributed by atoms with Gasteiger partial charge in [0.2, 0.25) is 0 Å². The van der Waals surface area contributed by atoms with Crippen molar-refractivity contribution >= 4 is 44.9 Å². The van der Waals surface area contributed by atoms with Crippen molar-refractivity contribution in [2.75, 3.05) is 0 Å². The lowest BCUT2D eigenvalue weighted by molar-refractivity contribution is 0.0981. The monoisotopic (exact) mass is 292 g/mol. The third-order valence-corrected chi connectivity index (χ3v) is 3.96. The number of Topliss-reactive ketones (excluding diaryl/α,β-unsaturated/α-hetero) is 1. The second-order valence-corrected chi connectivity index (χ2v) is 5.21. The summed E-state index contributed by atoms with van der Waals surface area (Å²) in [5.74, 6) is 0.102. The van der Waals surface area contributed by atoms with Gasteiger partial charge in [-0.3, -0.25) is 4.79 Å². The first-order valence-electron chi connectivity index (χ1n) is 4.26. The Balaban J connectivity index is 2.56. The summed E-state index contributed by atoms with van der Waals surface area (Å²) in [6.07, 6.45) is 1.69. The van der Waals surface area contributed by atoms with Gasteiger partial charge in [0.1, 0.15) is 0 Å². The van der Waals surface area contributed by atoms with E-state index in [4.69, 9.17) is 23.2 Å². The zero-order valence-electron chi connectivity index (χ0n) is 7.19. The molecule has 0 saturated carbocycles. The smallest absolute Gasteiger partial charge is 0.176 e. The third kappa shape index (κ3) is 1.71. The molecule has 0 saturated heterocycles. The fourth-order valence-corrected chi connectivity index (χ4v) is 2.43. The van der Waals surface area contributed by atoms with Crippen LogP contribution < -0.4 is 0 Å². The SMILES string of the molecule is O=C1c2cc(Cl)c(Cl)cc2CCC1Br. The molecule has 0 heterocycles. The van der Waals surface area contributed by atoms with Gasteiger partial charge in [0.25, 0.3) is 0 Å². The molecular formula is C10H7BrCl2O. The van der Waals surface area contributed by atoms with E-state index in [1.54, 1.807) is 12.1 Å². The van der Waals surface area contributed by atoms with E-state index in [-0.39, 0.29) is 10.6 Å². The molecule has 1 aliphatic carbocycles. The molecule has 74 valence electrons. The molecule has 1 aromatic carbocycles. The molecule has 0 spiro atoms. The lowest BCUT2D eigenvalue weighted by atomic mass is 9.91. The zero-order chi connectivity index (χ0) is 10.3. The first-order valence-corrected chi connectivity index (χ1v) is 5.93. The van der Waals surface area contributed by atoms with Crippen LogP contribution in [0, 0.1) is 0 Å². The van der Waals surface area contributed by atoms with Crippen LogP contribution in [0.5, 0.6) is 0 Å². The summed E-state index contributed by atoms with van der Waals surface area (Å²) in [7, 11) is 0. The first-order chi connectivity index (χ1) is 6.59. The van der Waals surface area contributed by atoms with E-state index in [9.17, 15) is 4.79 Å². The summed E-state index contributed by atoms with van der Waals surface area (Å²) in [6.45, 7) is 0. The molecule has 2 rings (SSSR count). The van der Waals surface area contributed by atoms with E-state index in [1.165, 1.54) is 0 Å². The highest BCUT2D eigenvalue weighted by Gasteiger charge is 2.25. The van der Waals surface area contributed by atoms with Gasteiger partial charge in [0.15, 0.2) is 5.78 Å². The van der Waals surface area contributed by atoms with Gasteiger partial charge in [-0.1, -0.05) is 39.1 Å². The van der Waals surface area contributed by atoms with Gasteiger partial charge in [0, 0.05) is 5.56 Å². The maximum atomic E-state index is 11.7. The van der Waals surface area contributed by atoms with Crippen LogP contribution in [-0.2, 0) is 6.42 Å². The lowest BCUT2D eigenvalue weighted by Crippen LogP contribution is -2.22. The predicted octanol–water partition coefficient (Wildman–Crippen LogP) is 3.89. The molecule has 14 heavy (non-hydrogen) atoms. The van der Waals surface area contributed by atoms with Crippen LogP contribution in [0.15, 0.2) is 12.1 Å². The number of hydrogen-bond donors (Lipinski definition) is 0. The highest BCUT2D eigenvalue weighted by Crippen LogP contribution is 2.32. The number of carbonyl (C=O) groups is 1. The summed E-state index contributed by atoms with van der Waals surface area (Å²) >= 11 is 15.1. The molecule has 0 amide bonds. The molecule has 0 bridgehead atoms. The summed E-state index contributed by atoms with van der Waals surface area (Å²) in [5, 5.41) is 0.964. The Morgan fingerprint density at radius 2 is 1.93 bits per heavy atom. The van der Waals surface area contributed by atoms with E-state index in [2.05, 4.69) is 15.9 Å². The van der Waals surface area contributed by atoms with Crippen molar-refractivity contribution in [2.24, 2.45) is 0 Å². The van der Waals surface area contributed by atoms with E-state index < -0.39 is 0 Å². The van der Waals surface area contributed by atoms with Crippen LogP contribution in [0.2, 0.25) is 10.0 Å². The van der Waals surface area contributed by atoms with Crippen LogP contribution in [0.3, 0.4) is 0 Å². The van der Waals surface area contributed by atoms with E-state index in [1.807, 2.05) is 0 Å². The summed E-state index contributed by atoms with van der Waals surface area (Å²) < 4.78 is 0. The normalized spacial score (nSPS) is 20.8. The summed E-state index contributed by atoms with van der Waals surface area (Å²) in [5.41, 5.74) is 1.70. The highest BCUT2D eigenvalue weighted by molar-refractivity contribution is 9.10. The Morgan fingerprint density at radius 3 is 2.64 bits per heavy atom. The average molecular weight is 294 g/mol. The number of rotatable bonds is 0. The largest absolute Gasteiger partial charge is 0.293 e. The zero-order valence-corrected chi connectivity index (χ0v) is 10.3. The quantitative estimate of drug-likeness (QED) is 0.663. The lowest BCUT2D eigenvalue weighted by Gasteiger charge is -2.19. The predicted molar refractivity (Wildman–Crippen MR) is 61.8 cm³/mol. The van der Waals surface area contributed by atoms with Gasteiger partial charge in [0.05, 0.1) is 14.9 Å². The van der Waals surface area contributed by atoms with E-state index in [0.29, 0.717) is 15.6 Å². The molecule has 0 fully saturated rings. The Bertz CT molecular complexity index is 403. The van der Waals surface area contributed by atoms with Gasteiger partial charge in [-0.2, -0.15) is 0 Å². The van der Waals surface area contributed by atoms with E-state index >= 15 is 0 Å². The number of fused-ring (bicyclic) bond motifs is 1. The number of ketones is 1. The number of hydrogen-bond acceptors (Lipinski definition) is 1. The van der Waals surface area contributed by atoms with Gasteiger partial charge >= 0.3 is 0 Å². The van der Waals surface area contributed by atoms with Crippen molar-refractivity contribution in [1.82, 2.24) is 0 Å². The molecule has 1 unspecified atom stereocenters. The second kappa shape index (κ2) is 3.84. The minimum atomic E-state index is -0.0766. The molecular weight excluding hydrogens is 287 g/mol. The van der Waals surface area contributed by atoms with Crippen molar-refractivity contribution in [3.63, 3.8) is 0 Å². The number of aryl methyl sites for hydroxylation is 1. The van der Waals surface area contributed by atoms with Gasteiger partial charge in [-0.15, -0.1) is 0 Å². The Morgan fingerprint density at radius 1 is 1.29 bits per heavy atom. The highest BCUT2D eigenvalue weighted by atomic mass is 79.9. The fourth-order valence-electron chi connectivity index (χ4n) is 1.61. The molecule has 1 aromatic rings. The minimum absolute atomic E-state index is 0.0766. The van der Waals surface area contributed by atoms with Crippen molar-refractivity contribution in [3.05, 3.63) is 33.3 Å². The minimum Gasteiger partial charge on any atom is -0.293 e. The second-order valence-electron chi connectivity index (χ2n) is 3.29. The molecule has 0 radical (unpaired) electrons. The molecule has 1 aliphatic rings. The van der Waals surface area contributed by atoms with Crippen LogP contribution in [0.1, 0.15) is 22.3 Å². The topological polar surface area (TPSA) is 17.1 Å². The number of alkyl halides is 1. The summed E-state index contributed by atoms with van der Waals surface area (Å²) in [6, 6.07) is 3.45. The molecule has 1 nitrogen and oxygen atoms in total. The molecule has 4 heteroatoms. The third-order valence-electron chi connectivity index (χ3n) is 2.36. The standard InChI is InChI=1S/C10H7BrCl2O/c11-7-2-1-5-3-8(12)9(13)4-6(5)10(7)14/h3-4,7H,1-2H2. The van der Waals surface area contributed by atoms with Crippen LogP contribution in [0.25, 0.3) is 0 Å². The number of carbonyl (C=O) groups excluding carboxylic acids is 1. The van der Waals surface area contributed by atoms with Crippen molar-refractivity contribution in [1.29, 1.82) is 0 Å². The van der Waals surface area contributed by atoms with Crippen LogP contribution in [-0.4, -0.2) is 10.6 Å². The summed E-state index contributed by atoms with van der Waals surface area (Å²) in [4.78, 5) is 11.7. The Hall–Kier alpha value is -0.0500. The average Bonchev–Trinajstić information content (AvgIpc) is 2.15. The maximum Gasteiger partial charge on any atom is 0.176 e. The Kier molecular flexibility index (Phi) is 2.87. The number of halogens is 3. The Labute approximate surface area is 101 Å². The van der Waals surface area contributed by atoms with Gasteiger partial charge in [-0.25, -0.2) is 0 Å². The van der Waals surface area contributed by atoms with Crippen LogP contribution in [0.4, 0.5) is 0 Å². The number of benzene rings is 1. The molecule has 1 atom stereocenters. The first kappa shape index (κ1) is 10.5. The van der Waals surface area contributed by atoms with E-state index in [0.717, 1.165) is 18.4 Å². The fraction of sp³-hybridized carbons (Fsp3) is 0.300. The van der Waals surface area contributed by atoms with Crippen molar-refractivity contribution < 1.29 is 4.79 Å². The maximum absolute atomic E-state index is 11.7. The van der Waals surface area contributed by atoms with Crippen LogP contribution >= 0.6 is 39.1 Å². The van der Waals surface area contributed by atoms with Crippen molar-refractivity contribution in [2.45, 2.75) is 17.7 Å².